The minimum absolute atomic E-state index is 0.00384. The summed E-state index contributed by atoms with van der Waals surface area (Å²) in [6.07, 6.45) is 6.12. The molecule has 21 heavy (non-hydrogen) atoms. The second-order valence-corrected chi connectivity index (χ2v) is 6.37. The minimum Gasteiger partial charge on any atom is -0.298 e. The molecule has 4 heteroatoms. The van der Waals surface area contributed by atoms with Crippen molar-refractivity contribution >= 4 is 0 Å². The molecule has 1 aromatic carbocycles. The van der Waals surface area contributed by atoms with Crippen molar-refractivity contribution in [3.63, 3.8) is 0 Å². The van der Waals surface area contributed by atoms with Crippen LogP contribution in [0, 0.1) is 5.92 Å². The van der Waals surface area contributed by atoms with Crippen LogP contribution in [0.2, 0.25) is 0 Å². The molecule has 0 unspecified atom stereocenters. The van der Waals surface area contributed by atoms with E-state index in [4.69, 9.17) is 0 Å². The number of fused-ring (bicyclic) bond motifs is 2. The quantitative estimate of drug-likeness (QED) is 0.935. The van der Waals surface area contributed by atoms with Crippen molar-refractivity contribution in [2.45, 2.75) is 31.8 Å². The molecule has 2 aromatic rings. The first-order valence-electron chi connectivity index (χ1n) is 7.88. The third-order valence-electron chi connectivity index (χ3n) is 5.01. The first-order valence-corrected chi connectivity index (χ1v) is 7.88. The number of nitrogens with one attached hydrogen (secondary N) is 1. The molecule has 1 aliphatic carbocycles. The number of piperidine rings is 1. The monoisotopic (exact) mass is 283 g/mol. The molecule has 1 saturated heterocycles. The molecule has 1 aliphatic heterocycles. The van der Waals surface area contributed by atoms with Gasteiger partial charge in [-0.1, -0.05) is 30.3 Å². The highest BCUT2D eigenvalue weighted by atomic mass is 16.1. The lowest BCUT2D eigenvalue weighted by Crippen LogP contribution is -2.34. The molecule has 1 aromatic heterocycles. The summed E-state index contributed by atoms with van der Waals surface area (Å²) < 4.78 is 1.94. The summed E-state index contributed by atoms with van der Waals surface area (Å²) in [6, 6.07) is 10.7. The predicted molar refractivity (Wildman–Crippen MR) is 83.2 cm³/mol. The molecular weight excluding hydrogens is 262 g/mol. The fourth-order valence-corrected chi connectivity index (χ4v) is 3.92. The Hall–Kier alpha value is -1.81. The fraction of sp³-hybridized carbons (Fsp3) is 0.471. The maximum atomic E-state index is 12.1. The van der Waals surface area contributed by atoms with Crippen LogP contribution in [0.5, 0.6) is 0 Å². The van der Waals surface area contributed by atoms with Gasteiger partial charge in [0.25, 0.3) is 5.56 Å². The average molecular weight is 283 g/mol. The zero-order chi connectivity index (χ0) is 14.2. The smallest absolute Gasteiger partial charge is 0.271 e. The van der Waals surface area contributed by atoms with Gasteiger partial charge in [-0.2, -0.15) is 0 Å². The van der Waals surface area contributed by atoms with Gasteiger partial charge in [0.1, 0.15) is 0 Å². The van der Waals surface area contributed by atoms with E-state index >= 15 is 0 Å². The largest absolute Gasteiger partial charge is 0.298 e. The number of hydrogen-bond donors (Lipinski definition) is 1. The van der Waals surface area contributed by atoms with Crippen LogP contribution in [0.4, 0.5) is 0 Å². The summed E-state index contributed by atoms with van der Waals surface area (Å²) in [4.78, 5) is 14.7. The van der Waals surface area contributed by atoms with E-state index in [1.807, 2.05) is 41.2 Å². The van der Waals surface area contributed by atoms with Crippen LogP contribution in [0.25, 0.3) is 11.1 Å². The molecule has 110 valence electrons. The van der Waals surface area contributed by atoms with Gasteiger partial charge in [0, 0.05) is 25.3 Å². The van der Waals surface area contributed by atoms with Crippen molar-refractivity contribution in [3.8, 4) is 11.1 Å². The normalized spacial score (nSPS) is 24.8. The molecule has 2 atom stereocenters. The van der Waals surface area contributed by atoms with Crippen molar-refractivity contribution in [1.29, 1.82) is 0 Å². The van der Waals surface area contributed by atoms with Gasteiger partial charge in [-0.3, -0.25) is 19.5 Å². The van der Waals surface area contributed by atoms with Crippen molar-refractivity contribution in [2.75, 3.05) is 13.1 Å². The summed E-state index contributed by atoms with van der Waals surface area (Å²) in [5.74, 6) is 0.929. The first-order chi connectivity index (χ1) is 10.3. The Morgan fingerprint density at radius 1 is 1.14 bits per heavy atom. The van der Waals surface area contributed by atoms with Crippen LogP contribution in [-0.4, -0.2) is 33.8 Å². The Balaban J connectivity index is 1.46. The van der Waals surface area contributed by atoms with Crippen molar-refractivity contribution < 1.29 is 0 Å². The lowest BCUT2D eigenvalue weighted by atomic mass is 10.1. The van der Waals surface area contributed by atoms with Gasteiger partial charge in [0.05, 0.1) is 12.1 Å². The second-order valence-electron chi connectivity index (χ2n) is 6.37. The number of aromatic amines is 1. The molecule has 1 saturated carbocycles. The molecule has 2 heterocycles. The molecule has 2 bridgehead atoms. The summed E-state index contributed by atoms with van der Waals surface area (Å²) in [6.45, 7) is 3.16. The van der Waals surface area contributed by atoms with Gasteiger partial charge in [-0.25, -0.2) is 0 Å². The summed E-state index contributed by atoms with van der Waals surface area (Å²) in [5.41, 5.74) is 1.75. The lowest BCUT2D eigenvalue weighted by molar-refractivity contribution is 0.203. The number of nitrogens with zero attached hydrogens (tertiary/aromatic N) is 2. The van der Waals surface area contributed by atoms with Gasteiger partial charge >= 0.3 is 0 Å². The van der Waals surface area contributed by atoms with Crippen LogP contribution in [-0.2, 0) is 6.54 Å². The lowest BCUT2D eigenvalue weighted by Gasteiger charge is -2.26. The van der Waals surface area contributed by atoms with E-state index in [1.54, 1.807) is 0 Å². The van der Waals surface area contributed by atoms with Crippen LogP contribution < -0.4 is 5.56 Å². The van der Waals surface area contributed by atoms with E-state index in [9.17, 15) is 4.79 Å². The minimum atomic E-state index is 0.00384. The summed E-state index contributed by atoms with van der Waals surface area (Å²) >= 11 is 0. The Morgan fingerprint density at radius 2 is 2.00 bits per heavy atom. The van der Waals surface area contributed by atoms with Gasteiger partial charge in [0.2, 0.25) is 0 Å². The molecular formula is C17H21N3O. The third-order valence-corrected chi connectivity index (χ3v) is 5.01. The third kappa shape index (κ3) is 2.44. The van der Waals surface area contributed by atoms with Gasteiger partial charge < -0.3 is 0 Å². The first kappa shape index (κ1) is 12.9. The van der Waals surface area contributed by atoms with Crippen molar-refractivity contribution in [3.05, 3.63) is 46.9 Å². The van der Waals surface area contributed by atoms with Gasteiger partial charge in [-0.05, 0) is 30.7 Å². The fourth-order valence-electron chi connectivity index (χ4n) is 3.92. The molecule has 4 nitrogen and oxygen atoms in total. The standard InChI is InChI=1S/C17H21N3O/c21-17-16(14-4-2-1-3-5-14)12-20(18-17)9-8-19-11-13-6-7-15(19)10-13/h1-5,12-13,15H,6-11H2,(H,18,21)/t13-,15+/m1/s1. The summed E-state index contributed by atoms with van der Waals surface area (Å²) in [5, 5.41) is 2.95. The Morgan fingerprint density at radius 3 is 2.71 bits per heavy atom. The Kier molecular flexibility index (Phi) is 3.19. The highest BCUT2D eigenvalue weighted by Crippen LogP contribution is 2.36. The molecule has 0 spiro atoms. The number of hydrogen-bond acceptors (Lipinski definition) is 2. The maximum Gasteiger partial charge on any atom is 0.271 e. The van der Waals surface area contributed by atoms with Crippen LogP contribution in [0.3, 0.4) is 0 Å². The number of benzene rings is 1. The highest BCUT2D eigenvalue weighted by Gasteiger charge is 2.37. The van der Waals surface area contributed by atoms with E-state index in [1.165, 1.54) is 25.8 Å². The molecule has 0 amide bonds. The molecule has 2 fully saturated rings. The van der Waals surface area contributed by atoms with Gasteiger partial charge in [-0.15, -0.1) is 0 Å². The molecule has 0 radical (unpaired) electrons. The number of likely N-dealkylation sites (tertiary alicyclic amines) is 1. The number of rotatable bonds is 4. The Bertz CT molecular complexity index is 673. The van der Waals surface area contributed by atoms with Crippen LogP contribution >= 0.6 is 0 Å². The van der Waals surface area contributed by atoms with E-state index in [0.717, 1.165) is 36.2 Å². The zero-order valence-electron chi connectivity index (χ0n) is 12.2. The average Bonchev–Trinajstić information content (AvgIpc) is 3.21. The second kappa shape index (κ2) is 5.19. The van der Waals surface area contributed by atoms with Crippen molar-refractivity contribution in [1.82, 2.24) is 14.7 Å². The van der Waals surface area contributed by atoms with Gasteiger partial charge in [0.15, 0.2) is 0 Å². The highest BCUT2D eigenvalue weighted by molar-refractivity contribution is 5.61. The molecule has 2 aliphatic rings. The van der Waals surface area contributed by atoms with E-state index in [0.29, 0.717) is 0 Å². The van der Waals surface area contributed by atoms with Crippen molar-refractivity contribution in [2.24, 2.45) is 5.92 Å². The molecule has 1 N–H and O–H groups in total. The maximum absolute atomic E-state index is 12.1. The predicted octanol–water partition coefficient (Wildman–Crippen LogP) is 2.33. The number of aromatic nitrogens is 2. The zero-order valence-corrected chi connectivity index (χ0v) is 12.2. The van der Waals surface area contributed by atoms with E-state index in [-0.39, 0.29) is 5.56 Å². The van der Waals surface area contributed by atoms with Crippen LogP contribution in [0.15, 0.2) is 41.3 Å². The number of H-pyrrole nitrogens is 1. The SMILES string of the molecule is O=c1[nH]n(CCN2C[C@@H]3CC[C@H]2C3)cc1-c1ccccc1. The topological polar surface area (TPSA) is 41.0 Å². The van der Waals surface area contributed by atoms with E-state index in [2.05, 4.69) is 10.00 Å². The Labute approximate surface area is 124 Å². The van der Waals surface area contributed by atoms with Crippen LogP contribution in [0.1, 0.15) is 19.3 Å². The van der Waals surface area contributed by atoms with E-state index < -0.39 is 0 Å². The molecule has 4 rings (SSSR count). The summed E-state index contributed by atoms with van der Waals surface area (Å²) in [7, 11) is 0.